The minimum absolute atomic E-state index is 0.00460. The van der Waals surface area contributed by atoms with E-state index >= 15 is 0 Å². The van der Waals surface area contributed by atoms with Crippen LogP contribution in [0.15, 0.2) is 42.0 Å². The SMILES string of the molecule is O=C1N[C@H](CC(=O)N2CCCC3=C[C@H]4C[C@@H](CN5CCCC[C@H]45)[C@@H]32)C(=O)N1Cc1ccccc1. The van der Waals surface area contributed by atoms with Crippen LogP contribution in [0, 0.1) is 11.8 Å². The molecule has 5 atom stereocenters. The molecule has 0 aromatic heterocycles. The number of likely N-dealkylation sites (tertiary alicyclic amines) is 1. The van der Waals surface area contributed by atoms with Crippen molar-refractivity contribution in [3.05, 3.63) is 47.5 Å². The van der Waals surface area contributed by atoms with Gasteiger partial charge in [0.25, 0.3) is 5.91 Å². The van der Waals surface area contributed by atoms with Crippen LogP contribution in [0.25, 0.3) is 0 Å². The van der Waals surface area contributed by atoms with Crippen molar-refractivity contribution in [3.8, 4) is 0 Å². The molecule has 0 unspecified atom stereocenters. The molecule has 0 spiro atoms. The quantitative estimate of drug-likeness (QED) is 0.552. The Balaban J connectivity index is 1.16. The first kappa shape index (κ1) is 21.8. The average molecular weight is 463 g/mol. The minimum Gasteiger partial charge on any atom is -0.336 e. The zero-order valence-corrected chi connectivity index (χ0v) is 19.7. The molecule has 1 N–H and O–H groups in total. The molecule has 2 bridgehead atoms. The monoisotopic (exact) mass is 462 g/mol. The fourth-order valence-corrected chi connectivity index (χ4v) is 7.18. The molecule has 34 heavy (non-hydrogen) atoms. The number of benzene rings is 1. The third-order valence-electron chi connectivity index (χ3n) is 8.65. The van der Waals surface area contributed by atoms with E-state index in [2.05, 4.69) is 16.3 Å². The van der Waals surface area contributed by atoms with E-state index < -0.39 is 12.1 Å². The zero-order valence-electron chi connectivity index (χ0n) is 19.7. The molecular weight excluding hydrogens is 428 g/mol. The number of piperidine rings is 3. The summed E-state index contributed by atoms with van der Waals surface area (Å²) in [5.41, 5.74) is 2.34. The topological polar surface area (TPSA) is 73.0 Å². The summed E-state index contributed by atoms with van der Waals surface area (Å²) >= 11 is 0. The van der Waals surface area contributed by atoms with Crippen molar-refractivity contribution in [1.29, 1.82) is 0 Å². The third-order valence-corrected chi connectivity index (χ3v) is 8.65. The highest BCUT2D eigenvalue weighted by atomic mass is 16.2. The Morgan fingerprint density at radius 1 is 1.06 bits per heavy atom. The van der Waals surface area contributed by atoms with Gasteiger partial charge in [0.05, 0.1) is 19.0 Å². The smallest absolute Gasteiger partial charge is 0.325 e. The predicted molar refractivity (Wildman–Crippen MR) is 128 cm³/mol. The first-order valence-electron chi connectivity index (χ1n) is 13.0. The maximum Gasteiger partial charge on any atom is 0.325 e. The van der Waals surface area contributed by atoms with Crippen LogP contribution < -0.4 is 5.32 Å². The molecule has 4 fully saturated rings. The molecule has 6 rings (SSSR count). The maximum atomic E-state index is 13.5. The lowest BCUT2D eigenvalue weighted by Gasteiger charge is -2.54. The Bertz CT molecular complexity index is 1010. The van der Waals surface area contributed by atoms with Gasteiger partial charge in [-0.25, -0.2) is 4.79 Å². The van der Waals surface area contributed by atoms with Crippen molar-refractivity contribution in [2.75, 3.05) is 19.6 Å². The van der Waals surface area contributed by atoms with Crippen LogP contribution in [0.2, 0.25) is 0 Å². The zero-order chi connectivity index (χ0) is 23.2. The largest absolute Gasteiger partial charge is 0.336 e. The number of fused-ring (bicyclic) bond motifs is 6. The van der Waals surface area contributed by atoms with Crippen molar-refractivity contribution < 1.29 is 14.4 Å². The van der Waals surface area contributed by atoms with Gasteiger partial charge in [-0.2, -0.15) is 0 Å². The first-order valence-corrected chi connectivity index (χ1v) is 13.0. The van der Waals surface area contributed by atoms with E-state index in [4.69, 9.17) is 0 Å². The third kappa shape index (κ3) is 3.84. The van der Waals surface area contributed by atoms with Crippen LogP contribution in [0.5, 0.6) is 0 Å². The Labute approximate surface area is 201 Å². The second kappa shape index (κ2) is 8.84. The van der Waals surface area contributed by atoms with Crippen LogP contribution >= 0.6 is 0 Å². The van der Waals surface area contributed by atoms with E-state index in [0.29, 0.717) is 17.9 Å². The van der Waals surface area contributed by atoms with Crippen LogP contribution in [0.1, 0.15) is 50.5 Å². The number of rotatable bonds is 4. The highest BCUT2D eigenvalue weighted by Gasteiger charge is 2.48. The van der Waals surface area contributed by atoms with Crippen molar-refractivity contribution >= 4 is 17.8 Å². The summed E-state index contributed by atoms with van der Waals surface area (Å²) in [6.07, 6.45) is 9.70. The number of amides is 4. The average Bonchev–Trinajstić information content (AvgIpc) is 3.11. The highest BCUT2D eigenvalue weighted by Crippen LogP contribution is 2.45. The highest BCUT2D eigenvalue weighted by molar-refractivity contribution is 6.05. The van der Waals surface area contributed by atoms with Crippen LogP contribution in [0.3, 0.4) is 0 Å². The number of nitrogens with zero attached hydrogens (tertiary/aromatic N) is 3. The number of hydrogen-bond acceptors (Lipinski definition) is 4. The lowest BCUT2D eigenvalue weighted by molar-refractivity contribution is -0.139. The second-order valence-corrected chi connectivity index (χ2v) is 10.7. The van der Waals surface area contributed by atoms with Gasteiger partial charge in [0.1, 0.15) is 6.04 Å². The van der Waals surface area contributed by atoms with E-state index in [1.165, 1.54) is 42.7 Å². The Kier molecular flexibility index (Phi) is 5.68. The summed E-state index contributed by atoms with van der Waals surface area (Å²) in [4.78, 5) is 45.0. The van der Waals surface area contributed by atoms with Crippen LogP contribution in [-0.2, 0) is 16.1 Å². The van der Waals surface area contributed by atoms with E-state index in [1.807, 2.05) is 35.2 Å². The van der Waals surface area contributed by atoms with E-state index in [1.54, 1.807) is 0 Å². The molecule has 5 aliphatic rings. The van der Waals surface area contributed by atoms with Gasteiger partial charge in [-0.3, -0.25) is 19.4 Å². The number of carbonyl (C=O) groups is 3. The maximum absolute atomic E-state index is 13.5. The Morgan fingerprint density at radius 2 is 1.91 bits per heavy atom. The molecule has 0 saturated carbocycles. The van der Waals surface area contributed by atoms with Gasteiger partial charge in [-0.1, -0.05) is 48.4 Å². The summed E-state index contributed by atoms with van der Waals surface area (Å²) in [5, 5.41) is 2.76. The summed E-state index contributed by atoms with van der Waals surface area (Å²) in [6.45, 7) is 3.24. The van der Waals surface area contributed by atoms with E-state index in [9.17, 15) is 14.4 Å². The summed E-state index contributed by atoms with van der Waals surface area (Å²) in [7, 11) is 0. The summed E-state index contributed by atoms with van der Waals surface area (Å²) in [6, 6.07) is 9.15. The molecule has 4 saturated heterocycles. The van der Waals surface area contributed by atoms with E-state index in [0.717, 1.165) is 31.5 Å². The summed E-state index contributed by atoms with van der Waals surface area (Å²) in [5.74, 6) is 0.803. The number of urea groups is 1. The molecule has 1 aromatic rings. The molecule has 7 nitrogen and oxygen atoms in total. The van der Waals surface area contributed by atoms with Gasteiger partial charge in [-0.15, -0.1) is 0 Å². The van der Waals surface area contributed by atoms with Gasteiger partial charge in [0.2, 0.25) is 5.91 Å². The van der Waals surface area contributed by atoms with Gasteiger partial charge < -0.3 is 10.2 Å². The van der Waals surface area contributed by atoms with E-state index in [-0.39, 0.29) is 30.8 Å². The Morgan fingerprint density at radius 3 is 2.76 bits per heavy atom. The lowest BCUT2D eigenvalue weighted by Crippen LogP contribution is -2.60. The molecule has 7 heteroatoms. The number of carbonyl (C=O) groups excluding carboxylic acids is 3. The van der Waals surface area contributed by atoms with Crippen molar-refractivity contribution in [1.82, 2.24) is 20.0 Å². The van der Waals surface area contributed by atoms with Gasteiger partial charge >= 0.3 is 6.03 Å². The van der Waals surface area contributed by atoms with Gasteiger partial charge in [-0.05, 0) is 56.0 Å². The fourth-order valence-electron chi connectivity index (χ4n) is 7.18. The van der Waals surface area contributed by atoms with Crippen molar-refractivity contribution in [3.63, 3.8) is 0 Å². The lowest BCUT2D eigenvalue weighted by atomic mass is 9.68. The van der Waals surface area contributed by atoms with Crippen molar-refractivity contribution in [2.45, 2.75) is 69.6 Å². The number of imide groups is 1. The molecule has 1 aliphatic carbocycles. The van der Waals surface area contributed by atoms with Crippen LogP contribution in [0.4, 0.5) is 4.79 Å². The molecule has 0 radical (unpaired) electrons. The van der Waals surface area contributed by atoms with Crippen LogP contribution in [-0.4, -0.2) is 70.3 Å². The van der Waals surface area contributed by atoms with Crippen molar-refractivity contribution in [2.24, 2.45) is 11.8 Å². The minimum atomic E-state index is -0.771. The van der Waals surface area contributed by atoms with Gasteiger partial charge in [0.15, 0.2) is 0 Å². The Hall–Kier alpha value is -2.67. The molecule has 4 heterocycles. The number of hydrogen-bond donors (Lipinski definition) is 1. The molecule has 180 valence electrons. The second-order valence-electron chi connectivity index (χ2n) is 10.7. The normalized spacial score (nSPS) is 33.2. The fraction of sp³-hybridized carbons (Fsp3) is 0.593. The molecule has 4 amide bonds. The first-order chi connectivity index (χ1) is 16.6. The summed E-state index contributed by atoms with van der Waals surface area (Å²) < 4.78 is 0. The number of nitrogens with one attached hydrogen (secondary N) is 1. The molecular formula is C27H34N4O3. The van der Waals surface area contributed by atoms with Gasteiger partial charge in [0, 0.05) is 19.1 Å². The molecule has 1 aromatic carbocycles. The molecule has 4 aliphatic heterocycles. The standard InChI is InChI=1S/C27H34N4O3/c32-24(15-22-26(33)31(27(34)28-22)16-18-7-2-1-3-8-18)30-12-6-9-19-13-20-14-21(25(19)30)17-29-11-5-4-10-23(20)29/h1-3,7-8,13,20-23,25H,4-6,9-12,14-17H2,(H,28,34)/t20-,21-,22+,23+,25+/m0/s1. The predicted octanol–water partition coefficient (Wildman–Crippen LogP) is 2.92.